The number of thiophene rings is 2. The molecule has 0 aliphatic carbocycles. The van der Waals surface area contributed by atoms with Crippen molar-refractivity contribution in [1.29, 1.82) is 0 Å². The topological polar surface area (TPSA) is 4.93 Å². The Morgan fingerprint density at radius 3 is 1.78 bits per heavy atom. The van der Waals surface area contributed by atoms with E-state index in [9.17, 15) is 0 Å². The Hall–Kier alpha value is -5.22. The molecule has 3 heteroatoms. The number of rotatable bonds is 3. The fourth-order valence-corrected chi connectivity index (χ4v) is 9.87. The average molecular weight is 608 g/mol. The standard InChI is InChI=1S/C42H25NS2/c1-2-12-26(13-3-1)27-24-25-31(33-18-10-17-32-30-16-6-9-23-38(30)44-40(32)33)39-34-19-11-22-37(41(34)45-42(27)39)43-35-20-7-4-14-28(35)29-15-5-8-21-36(29)43/h1-25H. The fraction of sp³-hybridized carbons (Fsp3) is 0. The van der Waals surface area contributed by atoms with Gasteiger partial charge in [-0.3, -0.25) is 0 Å². The van der Waals surface area contributed by atoms with Crippen LogP contribution in [-0.2, 0) is 0 Å². The van der Waals surface area contributed by atoms with Crippen molar-refractivity contribution in [3.8, 4) is 27.9 Å². The molecule has 0 aliphatic heterocycles. The van der Waals surface area contributed by atoms with Crippen LogP contribution in [0.1, 0.15) is 0 Å². The summed E-state index contributed by atoms with van der Waals surface area (Å²) in [6.45, 7) is 0. The molecule has 10 rings (SSSR count). The highest BCUT2D eigenvalue weighted by Crippen LogP contribution is 2.49. The molecule has 0 unspecified atom stereocenters. The summed E-state index contributed by atoms with van der Waals surface area (Å²) in [6.07, 6.45) is 0. The van der Waals surface area contributed by atoms with E-state index in [4.69, 9.17) is 0 Å². The van der Waals surface area contributed by atoms with Gasteiger partial charge in [-0.05, 0) is 41.0 Å². The Morgan fingerprint density at radius 1 is 0.356 bits per heavy atom. The van der Waals surface area contributed by atoms with Crippen molar-refractivity contribution in [1.82, 2.24) is 4.57 Å². The normalized spacial score (nSPS) is 12.0. The van der Waals surface area contributed by atoms with Crippen LogP contribution >= 0.6 is 22.7 Å². The first-order valence-electron chi connectivity index (χ1n) is 15.3. The minimum absolute atomic E-state index is 1.23. The van der Waals surface area contributed by atoms with Gasteiger partial charge in [0.1, 0.15) is 0 Å². The largest absolute Gasteiger partial charge is 0.308 e. The Balaban J connectivity index is 1.35. The lowest BCUT2D eigenvalue weighted by Gasteiger charge is -2.11. The first-order valence-corrected chi connectivity index (χ1v) is 16.9. The maximum Gasteiger partial charge on any atom is 0.0640 e. The molecule has 0 bridgehead atoms. The first-order chi connectivity index (χ1) is 22.3. The second kappa shape index (κ2) is 9.64. The molecular weight excluding hydrogens is 583 g/mol. The van der Waals surface area contributed by atoms with E-state index >= 15 is 0 Å². The summed E-state index contributed by atoms with van der Waals surface area (Å²) >= 11 is 3.83. The average Bonchev–Trinajstić information content (AvgIpc) is 3.78. The Bertz CT molecular complexity index is 2710. The van der Waals surface area contributed by atoms with Crippen molar-refractivity contribution >= 4 is 84.8 Å². The van der Waals surface area contributed by atoms with E-state index < -0.39 is 0 Å². The van der Waals surface area contributed by atoms with Gasteiger partial charge in [0.25, 0.3) is 0 Å². The molecule has 0 spiro atoms. The van der Waals surface area contributed by atoms with E-state index in [2.05, 4.69) is 156 Å². The molecule has 0 aliphatic rings. The summed E-state index contributed by atoms with van der Waals surface area (Å²) in [5.41, 5.74) is 8.85. The third kappa shape index (κ3) is 3.60. The van der Waals surface area contributed by atoms with Crippen molar-refractivity contribution in [2.24, 2.45) is 0 Å². The molecule has 45 heavy (non-hydrogen) atoms. The third-order valence-electron chi connectivity index (χ3n) is 9.23. The Kier molecular flexibility index (Phi) is 5.39. The smallest absolute Gasteiger partial charge is 0.0640 e. The van der Waals surface area contributed by atoms with Crippen molar-refractivity contribution in [2.45, 2.75) is 0 Å². The van der Waals surface area contributed by atoms with E-state index in [1.165, 1.54) is 90.1 Å². The minimum atomic E-state index is 1.23. The summed E-state index contributed by atoms with van der Waals surface area (Å²) in [7, 11) is 0. The summed E-state index contributed by atoms with van der Waals surface area (Å²) < 4.78 is 7.80. The second-order valence-corrected chi connectivity index (χ2v) is 13.7. The van der Waals surface area contributed by atoms with Crippen LogP contribution in [0.4, 0.5) is 0 Å². The van der Waals surface area contributed by atoms with E-state index in [1.807, 2.05) is 22.7 Å². The highest BCUT2D eigenvalue weighted by molar-refractivity contribution is 7.27. The lowest BCUT2D eigenvalue weighted by molar-refractivity contribution is 1.20. The van der Waals surface area contributed by atoms with Crippen LogP contribution in [0.2, 0.25) is 0 Å². The van der Waals surface area contributed by atoms with Crippen LogP contribution in [0, 0.1) is 0 Å². The molecule has 0 fully saturated rings. The summed E-state index contributed by atoms with van der Waals surface area (Å²) in [6, 6.07) is 55.6. The zero-order valence-corrected chi connectivity index (χ0v) is 25.8. The van der Waals surface area contributed by atoms with E-state index in [-0.39, 0.29) is 0 Å². The van der Waals surface area contributed by atoms with Crippen LogP contribution in [0.5, 0.6) is 0 Å². The highest BCUT2D eigenvalue weighted by atomic mass is 32.1. The van der Waals surface area contributed by atoms with E-state index in [0.29, 0.717) is 0 Å². The van der Waals surface area contributed by atoms with E-state index in [0.717, 1.165) is 0 Å². The molecule has 1 nitrogen and oxygen atoms in total. The van der Waals surface area contributed by atoms with Crippen LogP contribution in [0.25, 0.3) is 90.1 Å². The maximum absolute atomic E-state index is 2.47. The van der Waals surface area contributed by atoms with Crippen LogP contribution in [0.15, 0.2) is 152 Å². The van der Waals surface area contributed by atoms with Gasteiger partial charge in [-0.25, -0.2) is 0 Å². The summed E-state index contributed by atoms with van der Waals surface area (Å²) in [5.74, 6) is 0. The Labute approximate surface area is 267 Å². The number of benzene rings is 7. The monoisotopic (exact) mass is 607 g/mol. The fourth-order valence-electron chi connectivity index (χ4n) is 7.27. The molecule has 210 valence electrons. The lowest BCUT2D eigenvalue weighted by atomic mass is 9.94. The quantitative estimate of drug-likeness (QED) is 0.188. The molecule has 0 saturated carbocycles. The third-order valence-corrected chi connectivity index (χ3v) is 11.7. The number of nitrogens with zero attached hydrogens (tertiary/aromatic N) is 1. The van der Waals surface area contributed by atoms with Gasteiger partial charge in [-0.15, -0.1) is 22.7 Å². The first kappa shape index (κ1) is 25.1. The SMILES string of the molecule is c1ccc(-c2ccc(-c3cccc4c3sc3ccccc34)c3c2sc2c(-n4c5ccccc5c5ccccc54)cccc23)cc1. The number of hydrogen-bond donors (Lipinski definition) is 0. The summed E-state index contributed by atoms with van der Waals surface area (Å²) in [5, 5.41) is 7.88. The molecule has 0 N–H and O–H groups in total. The van der Waals surface area contributed by atoms with Gasteiger partial charge in [-0.2, -0.15) is 0 Å². The van der Waals surface area contributed by atoms with Crippen LogP contribution in [-0.4, -0.2) is 4.57 Å². The van der Waals surface area contributed by atoms with Crippen molar-refractivity contribution < 1.29 is 0 Å². The van der Waals surface area contributed by atoms with Gasteiger partial charge in [-0.1, -0.05) is 127 Å². The molecular formula is C42H25NS2. The van der Waals surface area contributed by atoms with E-state index in [1.54, 1.807) is 0 Å². The van der Waals surface area contributed by atoms with Crippen LogP contribution < -0.4 is 0 Å². The number of aromatic nitrogens is 1. The lowest BCUT2D eigenvalue weighted by Crippen LogP contribution is -1.93. The zero-order chi connectivity index (χ0) is 29.5. The number of fused-ring (bicyclic) bond motifs is 9. The van der Waals surface area contributed by atoms with Crippen LogP contribution in [0.3, 0.4) is 0 Å². The molecule has 3 heterocycles. The number of hydrogen-bond acceptors (Lipinski definition) is 2. The van der Waals surface area contributed by atoms with Gasteiger partial charge >= 0.3 is 0 Å². The molecule has 10 aromatic rings. The highest BCUT2D eigenvalue weighted by Gasteiger charge is 2.21. The predicted octanol–water partition coefficient (Wildman–Crippen LogP) is 12.9. The zero-order valence-electron chi connectivity index (χ0n) is 24.2. The van der Waals surface area contributed by atoms with Crippen molar-refractivity contribution in [3.05, 3.63) is 152 Å². The second-order valence-electron chi connectivity index (χ2n) is 11.6. The van der Waals surface area contributed by atoms with Crippen molar-refractivity contribution in [2.75, 3.05) is 0 Å². The van der Waals surface area contributed by atoms with Crippen molar-refractivity contribution in [3.63, 3.8) is 0 Å². The van der Waals surface area contributed by atoms with Gasteiger partial charge < -0.3 is 4.57 Å². The van der Waals surface area contributed by atoms with Gasteiger partial charge in [0.15, 0.2) is 0 Å². The molecule has 0 saturated heterocycles. The number of para-hydroxylation sites is 2. The van der Waals surface area contributed by atoms with Gasteiger partial charge in [0.05, 0.1) is 21.4 Å². The minimum Gasteiger partial charge on any atom is -0.308 e. The summed E-state index contributed by atoms with van der Waals surface area (Å²) in [4.78, 5) is 0. The molecule has 0 atom stereocenters. The maximum atomic E-state index is 2.47. The molecule has 0 radical (unpaired) electrons. The van der Waals surface area contributed by atoms with Gasteiger partial charge in [0, 0.05) is 52.0 Å². The molecule has 3 aromatic heterocycles. The van der Waals surface area contributed by atoms with Gasteiger partial charge in [0.2, 0.25) is 0 Å². The molecule has 0 amide bonds. The Morgan fingerprint density at radius 2 is 0.978 bits per heavy atom. The predicted molar refractivity (Wildman–Crippen MR) is 197 cm³/mol. The molecule has 7 aromatic carbocycles.